The summed E-state index contributed by atoms with van der Waals surface area (Å²) in [7, 11) is 0. The molecule has 0 saturated carbocycles. The van der Waals surface area contributed by atoms with Gasteiger partial charge in [-0.15, -0.1) is 0 Å². The lowest BCUT2D eigenvalue weighted by atomic mass is 10.1. The minimum atomic E-state index is -0.367. The van der Waals surface area contributed by atoms with Crippen LogP contribution >= 0.6 is 0 Å². The van der Waals surface area contributed by atoms with Crippen molar-refractivity contribution in [3.8, 4) is 11.8 Å². The van der Waals surface area contributed by atoms with Crippen LogP contribution in [0.5, 0.6) is 0 Å². The average Bonchev–Trinajstić information content (AvgIpc) is 2.40. The molecule has 0 heterocycles. The van der Waals surface area contributed by atoms with Crippen molar-refractivity contribution in [1.82, 2.24) is 5.32 Å². The summed E-state index contributed by atoms with van der Waals surface area (Å²) < 4.78 is 0. The summed E-state index contributed by atoms with van der Waals surface area (Å²) in [4.78, 5) is 22.6. The molecule has 0 fully saturated rings. The van der Waals surface area contributed by atoms with Crippen LogP contribution in [0.4, 0.5) is 0 Å². The largest absolute Gasteiger partial charge is 0.370 e. The van der Waals surface area contributed by atoms with Crippen LogP contribution in [0.1, 0.15) is 34.3 Å². The number of carbonyl (C=O) groups excluding carboxylic acids is 2. The Labute approximate surface area is 118 Å². The Hall–Kier alpha value is -2.32. The molecule has 0 radical (unpaired) electrons. The van der Waals surface area contributed by atoms with E-state index in [1.54, 1.807) is 12.1 Å². The van der Waals surface area contributed by atoms with Gasteiger partial charge in [-0.25, -0.2) is 0 Å². The van der Waals surface area contributed by atoms with E-state index in [1.165, 1.54) is 0 Å². The van der Waals surface area contributed by atoms with Gasteiger partial charge in [-0.3, -0.25) is 9.59 Å². The zero-order chi connectivity index (χ0) is 15.0. The van der Waals surface area contributed by atoms with Crippen molar-refractivity contribution in [2.45, 2.75) is 19.8 Å². The van der Waals surface area contributed by atoms with E-state index in [0.717, 1.165) is 11.1 Å². The summed E-state index contributed by atoms with van der Waals surface area (Å²) in [6.45, 7) is 2.60. The molecule has 1 aromatic rings. The van der Waals surface area contributed by atoms with Gasteiger partial charge in [0.1, 0.15) is 0 Å². The molecule has 0 saturated heterocycles. The molecule has 1 rings (SSSR count). The Bertz CT molecular complexity index is 556. The zero-order valence-corrected chi connectivity index (χ0v) is 11.5. The predicted octanol–water partition coefficient (Wildman–Crippen LogP) is 0.301. The quantitative estimate of drug-likeness (QED) is 0.531. The lowest BCUT2D eigenvalue weighted by Gasteiger charge is -2.06. The number of nitrogens with one attached hydrogen (secondary N) is 1. The Balaban J connectivity index is 2.67. The van der Waals surface area contributed by atoms with E-state index in [2.05, 4.69) is 17.2 Å². The molecule has 0 aromatic heterocycles. The SMILES string of the molecule is Cc1cc(C#CCN)cc(C(=O)NCCCC(N)=O)c1. The number of hydrogen-bond acceptors (Lipinski definition) is 3. The molecule has 5 heteroatoms. The van der Waals surface area contributed by atoms with E-state index < -0.39 is 0 Å². The number of hydrogen-bond donors (Lipinski definition) is 3. The number of benzene rings is 1. The molecule has 1 aromatic carbocycles. The van der Waals surface area contributed by atoms with Crippen LogP contribution in [0, 0.1) is 18.8 Å². The third-order valence-corrected chi connectivity index (χ3v) is 2.56. The fraction of sp³-hybridized carbons (Fsp3) is 0.333. The Kier molecular flexibility index (Phi) is 6.27. The smallest absolute Gasteiger partial charge is 0.251 e. The second-order valence-corrected chi connectivity index (χ2v) is 4.42. The molecule has 106 valence electrons. The highest BCUT2D eigenvalue weighted by Crippen LogP contribution is 2.09. The van der Waals surface area contributed by atoms with Gasteiger partial charge in [0.15, 0.2) is 0 Å². The third kappa shape index (κ3) is 5.55. The van der Waals surface area contributed by atoms with Crippen molar-refractivity contribution in [1.29, 1.82) is 0 Å². The number of carbonyl (C=O) groups is 2. The first-order valence-electron chi connectivity index (χ1n) is 6.40. The van der Waals surface area contributed by atoms with Crippen molar-refractivity contribution >= 4 is 11.8 Å². The Morgan fingerprint density at radius 3 is 2.70 bits per heavy atom. The van der Waals surface area contributed by atoms with Gasteiger partial charge >= 0.3 is 0 Å². The molecular weight excluding hydrogens is 254 g/mol. The van der Waals surface area contributed by atoms with Gasteiger partial charge in [0.05, 0.1) is 6.54 Å². The number of primary amides is 1. The van der Waals surface area contributed by atoms with Gasteiger partial charge in [0.2, 0.25) is 5.91 Å². The van der Waals surface area contributed by atoms with Gasteiger partial charge in [-0.1, -0.05) is 11.8 Å². The van der Waals surface area contributed by atoms with Crippen LogP contribution in [0.2, 0.25) is 0 Å². The second kappa shape index (κ2) is 7.97. The zero-order valence-electron chi connectivity index (χ0n) is 11.5. The van der Waals surface area contributed by atoms with Gasteiger partial charge in [-0.05, 0) is 37.1 Å². The number of aryl methyl sites for hydroxylation is 1. The maximum absolute atomic E-state index is 12.0. The van der Waals surface area contributed by atoms with E-state index in [1.807, 2.05) is 13.0 Å². The topological polar surface area (TPSA) is 98.2 Å². The van der Waals surface area contributed by atoms with Crippen LogP contribution < -0.4 is 16.8 Å². The van der Waals surface area contributed by atoms with Crippen LogP contribution in [-0.2, 0) is 4.79 Å². The first-order valence-corrected chi connectivity index (χ1v) is 6.40. The highest BCUT2D eigenvalue weighted by molar-refractivity contribution is 5.94. The fourth-order valence-corrected chi connectivity index (χ4v) is 1.71. The number of nitrogens with two attached hydrogens (primary N) is 2. The highest BCUT2D eigenvalue weighted by atomic mass is 16.2. The summed E-state index contributed by atoms with van der Waals surface area (Å²) in [5, 5.41) is 2.75. The van der Waals surface area contributed by atoms with Crippen LogP contribution in [-0.4, -0.2) is 24.9 Å². The highest BCUT2D eigenvalue weighted by Gasteiger charge is 2.06. The molecule has 0 spiro atoms. The minimum absolute atomic E-state index is 0.186. The first-order chi connectivity index (χ1) is 9.52. The Morgan fingerprint density at radius 2 is 2.05 bits per heavy atom. The summed E-state index contributed by atoms with van der Waals surface area (Å²) in [6, 6.07) is 5.41. The average molecular weight is 273 g/mol. The van der Waals surface area contributed by atoms with E-state index in [4.69, 9.17) is 11.5 Å². The normalized spacial score (nSPS) is 9.50. The lowest BCUT2D eigenvalue weighted by Crippen LogP contribution is -2.25. The molecular formula is C15H19N3O2. The molecule has 20 heavy (non-hydrogen) atoms. The van der Waals surface area contributed by atoms with Gasteiger partial charge in [0, 0.05) is 24.1 Å². The van der Waals surface area contributed by atoms with Gasteiger partial charge < -0.3 is 16.8 Å². The standard InChI is InChI=1S/C15H19N3O2/c1-11-8-12(4-2-6-16)10-13(9-11)15(20)18-7-3-5-14(17)19/h8-10H,3,5-7,16H2,1H3,(H2,17,19)(H,18,20). The predicted molar refractivity (Wildman–Crippen MR) is 77.9 cm³/mol. The monoisotopic (exact) mass is 273 g/mol. The van der Waals surface area contributed by atoms with Gasteiger partial charge in [-0.2, -0.15) is 0 Å². The summed E-state index contributed by atoms with van der Waals surface area (Å²) in [5.41, 5.74) is 12.6. The molecule has 5 nitrogen and oxygen atoms in total. The molecule has 0 bridgehead atoms. The van der Waals surface area contributed by atoms with E-state index in [-0.39, 0.29) is 24.8 Å². The third-order valence-electron chi connectivity index (χ3n) is 2.56. The molecule has 0 atom stereocenters. The first kappa shape index (κ1) is 15.7. The maximum Gasteiger partial charge on any atom is 0.251 e. The molecule has 0 aliphatic heterocycles. The van der Waals surface area contributed by atoms with E-state index in [9.17, 15) is 9.59 Å². The van der Waals surface area contributed by atoms with Gasteiger partial charge in [0.25, 0.3) is 5.91 Å². The molecule has 0 unspecified atom stereocenters. The Morgan fingerprint density at radius 1 is 1.30 bits per heavy atom. The van der Waals surface area contributed by atoms with Crippen LogP contribution in [0.3, 0.4) is 0 Å². The summed E-state index contributed by atoms with van der Waals surface area (Å²) in [6.07, 6.45) is 0.800. The van der Waals surface area contributed by atoms with Crippen LogP contribution in [0.25, 0.3) is 0 Å². The number of amides is 2. The summed E-state index contributed by atoms with van der Waals surface area (Å²) in [5.74, 6) is 5.11. The molecule has 2 amide bonds. The second-order valence-electron chi connectivity index (χ2n) is 4.42. The van der Waals surface area contributed by atoms with Crippen molar-refractivity contribution in [2.75, 3.05) is 13.1 Å². The molecule has 0 aliphatic rings. The lowest BCUT2D eigenvalue weighted by molar-refractivity contribution is -0.118. The molecule has 0 aliphatic carbocycles. The van der Waals surface area contributed by atoms with Crippen molar-refractivity contribution in [3.63, 3.8) is 0 Å². The van der Waals surface area contributed by atoms with Crippen molar-refractivity contribution in [3.05, 3.63) is 34.9 Å². The maximum atomic E-state index is 12.0. The molecule has 5 N–H and O–H groups in total. The fourth-order valence-electron chi connectivity index (χ4n) is 1.71. The van der Waals surface area contributed by atoms with E-state index in [0.29, 0.717) is 18.5 Å². The summed E-state index contributed by atoms with van der Waals surface area (Å²) >= 11 is 0. The van der Waals surface area contributed by atoms with Crippen LogP contribution in [0.15, 0.2) is 18.2 Å². The minimum Gasteiger partial charge on any atom is -0.370 e. The van der Waals surface area contributed by atoms with Crippen molar-refractivity contribution in [2.24, 2.45) is 11.5 Å². The van der Waals surface area contributed by atoms with E-state index >= 15 is 0 Å². The number of rotatable bonds is 5. The van der Waals surface area contributed by atoms with Crippen molar-refractivity contribution < 1.29 is 9.59 Å².